The highest BCUT2D eigenvalue weighted by Crippen LogP contribution is 2.45. The molecular formula is C30H28N2O6S. The second-order valence-corrected chi connectivity index (χ2v) is 9.89. The molecule has 0 bridgehead atoms. The lowest BCUT2D eigenvalue weighted by molar-refractivity contribution is -0.132. The number of ketones is 1. The smallest absolute Gasteiger partial charge is 0.301 e. The molecule has 5 rings (SSSR count). The van der Waals surface area contributed by atoms with Crippen molar-refractivity contribution >= 4 is 44.1 Å². The molecule has 1 fully saturated rings. The Labute approximate surface area is 230 Å². The van der Waals surface area contributed by atoms with Gasteiger partial charge < -0.3 is 19.3 Å². The van der Waals surface area contributed by atoms with Gasteiger partial charge in [0.25, 0.3) is 5.78 Å². The van der Waals surface area contributed by atoms with Crippen molar-refractivity contribution in [1.82, 2.24) is 4.98 Å². The first-order valence-corrected chi connectivity index (χ1v) is 13.5. The fraction of sp³-hybridized carbons (Fsp3) is 0.233. The summed E-state index contributed by atoms with van der Waals surface area (Å²) in [6, 6.07) is 18.5. The van der Waals surface area contributed by atoms with Crippen LogP contribution in [0.3, 0.4) is 0 Å². The topological polar surface area (TPSA) is 98.2 Å². The Hall–Kier alpha value is -4.37. The van der Waals surface area contributed by atoms with E-state index in [0.29, 0.717) is 52.2 Å². The van der Waals surface area contributed by atoms with E-state index in [1.54, 1.807) is 55.6 Å². The third-order valence-corrected chi connectivity index (χ3v) is 7.34. The molecular weight excluding hydrogens is 516 g/mol. The molecule has 4 aromatic rings. The van der Waals surface area contributed by atoms with Gasteiger partial charge in [0.1, 0.15) is 23.0 Å². The van der Waals surface area contributed by atoms with Crippen molar-refractivity contribution in [1.29, 1.82) is 0 Å². The van der Waals surface area contributed by atoms with Crippen LogP contribution < -0.4 is 19.1 Å². The van der Waals surface area contributed by atoms with Gasteiger partial charge in [-0.2, -0.15) is 0 Å². The monoisotopic (exact) mass is 544 g/mol. The molecule has 1 aliphatic rings. The number of fused-ring (bicyclic) bond motifs is 1. The number of rotatable bonds is 9. The summed E-state index contributed by atoms with van der Waals surface area (Å²) in [6.07, 6.45) is 0.829. The zero-order valence-electron chi connectivity index (χ0n) is 21.8. The van der Waals surface area contributed by atoms with Gasteiger partial charge in [0, 0.05) is 5.56 Å². The molecule has 1 aliphatic heterocycles. The van der Waals surface area contributed by atoms with Gasteiger partial charge in [-0.3, -0.25) is 14.5 Å². The number of aliphatic hydroxyl groups is 1. The zero-order chi connectivity index (χ0) is 27.5. The van der Waals surface area contributed by atoms with Gasteiger partial charge in [-0.1, -0.05) is 30.4 Å². The van der Waals surface area contributed by atoms with E-state index >= 15 is 0 Å². The maximum atomic E-state index is 13.6. The molecule has 0 aliphatic carbocycles. The number of hydrogen-bond donors (Lipinski definition) is 1. The molecule has 0 saturated carbocycles. The number of anilines is 1. The number of carbonyl (C=O) groups is 2. The summed E-state index contributed by atoms with van der Waals surface area (Å²) in [6.45, 7) is 4.92. The second kappa shape index (κ2) is 11.2. The minimum absolute atomic E-state index is 0.0198. The lowest BCUT2D eigenvalue weighted by Gasteiger charge is -2.23. The van der Waals surface area contributed by atoms with Gasteiger partial charge in [-0.15, -0.1) is 0 Å². The van der Waals surface area contributed by atoms with Crippen LogP contribution in [0.2, 0.25) is 0 Å². The van der Waals surface area contributed by atoms with Crippen molar-refractivity contribution in [3.8, 4) is 17.2 Å². The zero-order valence-corrected chi connectivity index (χ0v) is 22.7. The van der Waals surface area contributed by atoms with Crippen LogP contribution in [0.5, 0.6) is 17.2 Å². The lowest BCUT2D eigenvalue weighted by Crippen LogP contribution is -2.29. The van der Waals surface area contributed by atoms with Crippen LogP contribution in [0, 0.1) is 0 Å². The number of amides is 1. The molecule has 39 heavy (non-hydrogen) atoms. The van der Waals surface area contributed by atoms with Gasteiger partial charge in [0.05, 0.1) is 42.2 Å². The molecule has 9 heteroatoms. The summed E-state index contributed by atoms with van der Waals surface area (Å²) in [5.74, 6) is 0.0763. The van der Waals surface area contributed by atoms with E-state index in [9.17, 15) is 14.7 Å². The standard InChI is InChI=1S/C30H28N2O6S/c1-4-15-38-22-8-6-7-19(16-22)26-25(27(33)18-9-11-20(12-10-18)37-5-2)28(34)29(35)32(26)30-31-23-14-13-21(36-3)17-24(23)39-30/h6-14,16-17,26,33H,4-5,15H2,1-3H3. The van der Waals surface area contributed by atoms with Gasteiger partial charge in [0.15, 0.2) is 5.13 Å². The number of thiazole rings is 1. The Balaban J connectivity index is 1.67. The maximum absolute atomic E-state index is 13.6. The first-order valence-electron chi connectivity index (χ1n) is 12.7. The van der Waals surface area contributed by atoms with Crippen LogP contribution in [0.4, 0.5) is 5.13 Å². The number of ether oxygens (including phenoxy) is 3. The minimum Gasteiger partial charge on any atom is -0.507 e. The summed E-state index contributed by atoms with van der Waals surface area (Å²) in [5, 5.41) is 11.8. The number of methoxy groups -OCH3 is 1. The van der Waals surface area contributed by atoms with Gasteiger partial charge in [-0.05, 0) is 73.5 Å². The van der Waals surface area contributed by atoms with Crippen LogP contribution in [0.1, 0.15) is 37.4 Å². The largest absolute Gasteiger partial charge is 0.507 e. The third-order valence-electron chi connectivity index (χ3n) is 6.32. The molecule has 1 amide bonds. The maximum Gasteiger partial charge on any atom is 0.301 e. The number of aliphatic hydroxyl groups excluding tert-OH is 1. The van der Waals surface area contributed by atoms with Crippen molar-refractivity contribution in [2.24, 2.45) is 0 Å². The molecule has 1 saturated heterocycles. The summed E-state index contributed by atoms with van der Waals surface area (Å²) >= 11 is 1.27. The summed E-state index contributed by atoms with van der Waals surface area (Å²) in [4.78, 5) is 33.1. The molecule has 1 aromatic heterocycles. The Kier molecular flexibility index (Phi) is 7.51. The van der Waals surface area contributed by atoms with Crippen molar-refractivity contribution in [3.05, 3.63) is 83.4 Å². The summed E-state index contributed by atoms with van der Waals surface area (Å²) in [7, 11) is 1.58. The fourth-order valence-electron chi connectivity index (χ4n) is 4.49. The number of benzene rings is 3. The van der Waals surface area contributed by atoms with Crippen molar-refractivity contribution in [3.63, 3.8) is 0 Å². The average molecular weight is 545 g/mol. The summed E-state index contributed by atoms with van der Waals surface area (Å²) in [5.41, 5.74) is 1.66. The van der Waals surface area contributed by atoms with E-state index in [1.807, 2.05) is 32.0 Å². The highest BCUT2D eigenvalue weighted by Gasteiger charge is 2.48. The molecule has 1 unspecified atom stereocenters. The third kappa shape index (κ3) is 5.05. The Morgan fingerprint density at radius 3 is 2.46 bits per heavy atom. The molecule has 0 radical (unpaired) electrons. The van der Waals surface area contributed by atoms with E-state index in [0.717, 1.165) is 11.1 Å². The fourth-order valence-corrected chi connectivity index (χ4v) is 5.51. The van der Waals surface area contributed by atoms with E-state index in [2.05, 4.69) is 4.98 Å². The predicted molar refractivity (Wildman–Crippen MR) is 151 cm³/mol. The Morgan fingerprint density at radius 1 is 0.974 bits per heavy atom. The summed E-state index contributed by atoms with van der Waals surface area (Å²) < 4.78 is 17.5. The molecule has 8 nitrogen and oxygen atoms in total. The Bertz CT molecular complexity index is 1560. The quantitative estimate of drug-likeness (QED) is 0.154. The molecule has 2 heterocycles. The highest BCUT2D eigenvalue weighted by atomic mass is 32.1. The molecule has 0 spiro atoms. The molecule has 1 N–H and O–H groups in total. The van der Waals surface area contributed by atoms with Crippen molar-refractivity contribution < 1.29 is 28.9 Å². The Morgan fingerprint density at radius 2 is 1.74 bits per heavy atom. The van der Waals surface area contributed by atoms with Crippen LogP contribution in [0.25, 0.3) is 16.0 Å². The first kappa shape index (κ1) is 26.2. The molecule has 200 valence electrons. The van der Waals surface area contributed by atoms with Crippen molar-refractivity contribution in [2.45, 2.75) is 26.3 Å². The predicted octanol–water partition coefficient (Wildman–Crippen LogP) is 6.12. The SMILES string of the molecule is CCCOc1cccc(C2C(=C(O)c3ccc(OCC)cc3)C(=O)C(=O)N2c2nc3ccc(OC)cc3s2)c1. The normalized spacial score (nSPS) is 16.6. The van der Waals surface area contributed by atoms with E-state index in [-0.39, 0.29) is 11.3 Å². The average Bonchev–Trinajstić information content (AvgIpc) is 3.49. The van der Waals surface area contributed by atoms with Crippen LogP contribution >= 0.6 is 11.3 Å². The number of hydrogen-bond acceptors (Lipinski definition) is 8. The van der Waals surface area contributed by atoms with Gasteiger partial charge in [-0.25, -0.2) is 4.98 Å². The van der Waals surface area contributed by atoms with Gasteiger partial charge >= 0.3 is 5.91 Å². The number of aromatic nitrogens is 1. The van der Waals surface area contributed by atoms with Crippen LogP contribution in [0.15, 0.2) is 72.3 Å². The first-order chi connectivity index (χ1) is 18.9. The number of nitrogens with zero attached hydrogens (tertiary/aromatic N) is 2. The lowest BCUT2D eigenvalue weighted by atomic mass is 9.95. The second-order valence-electron chi connectivity index (χ2n) is 8.88. The van der Waals surface area contributed by atoms with Gasteiger partial charge in [0.2, 0.25) is 0 Å². The van der Waals surface area contributed by atoms with E-state index in [4.69, 9.17) is 14.2 Å². The molecule has 1 atom stereocenters. The van der Waals surface area contributed by atoms with Crippen LogP contribution in [-0.2, 0) is 9.59 Å². The van der Waals surface area contributed by atoms with Crippen molar-refractivity contribution in [2.75, 3.05) is 25.2 Å². The molecule has 3 aromatic carbocycles. The van der Waals surface area contributed by atoms with E-state index in [1.165, 1.54) is 16.2 Å². The highest BCUT2D eigenvalue weighted by molar-refractivity contribution is 7.22. The van der Waals surface area contributed by atoms with Crippen LogP contribution in [-0.4, -0.2) is 42.1 Å². The number of Topliss-reactive ketones (excluding diaryl/α,β-unsaturated/α-hetero) is 1. The van der Waals surface area contributed by atoms with E-state index < -0.39 is 17.7 Å². The number of carbonyl (C=O) groups excluding carboxylic acids is 2. The minimum atomic E-state index is -0.913.